The molecule has 0 aromatic heterocycles. The van der Waals surface area contributed by atoms with Gasteiger partial charge in [-0.15, -0.1) is 0 Å². The van der Waals surface area contributed by atoms with E-state index in [9.17, 15) is 4.79 Å². The molecule has 2 nitrogen and oxygen atoms in total. The van der Waals surface area contributed by atoms with Crippen molar-refractivity contribution in [3.63, 3.8) is 0 Å². The Bertz CT molecular complexity index is 384. The minimum Gasteiger partial charge on any atom is -0.339 e. The summed E-state index contributed by atoms with van der Waals surface area (Å²) in [5, 5.41) is 0. The van der Waals surface area contributed by atoms with Gasteiger partial charge in [-0.1, -0.05) is 19.1 Å². The van der Waals surface area contributed by atoms with Crippen molar-refractivity contribution < 1.29 is 4.79 Å². The van der Waals surface area contributed by atoms with Gasteiger partial charge >= 0.3 is 0 Å². The topological polar surface area (TPSA) is 20.3 Å². The lowest BCUT2D eigenvalue weighted by Crippen LogP contribution is -2.35. The lowest BCUT2D eigenvalue weighted by Gasteiger charge is -2.24. The summed E-state index contributed by atoms with van der Waals surface area (Å²) in [5.74, 6) is 0.121. The summed E-state index contributed by atoms with van der Waals surface area (Å²) in [6.07, 6.45) is 0.979. The zero-order valence-electron chi connectivity index (χ0n) is 10.9. The van der Waals surface area contributed by atoms with Crippen molar-refractivity contribution in [3.8, 4) is 0 Å². The zero-order chi connectivity index (χ0) is 12.3. The van der Waals surface area contributed by atoms with Crippen molar-refractivity contribution in [1.82, 2.24) is 4.90 Å². The van der Waals surface area contributed by atoms with E-state index in [1.165, 1.54) is 5.56 Å². The molecule has 0 aliphatic heterocycles. The molecule has 0 fully saturated rings. The van der Waals surface area contributed by atoms with Crippen molar-refractivity contribution in [1.29, 1.82) is 0 Å². The van der Waals surface area contributed by atoms with Gasteiger partial charge in [-0.25, -0.2) is 0 Å². The Hall–Kier alpha value is -1.31. The summed E-state index contributed by atoms with van der Waals surface area (Å²) in [7, 11) is 1.87. The molecule has 0 bridgehead atoms. The molecule has 0 aliphatic rings. The van der Waals surface area contributed by atoms with Crippen molar-refractivity contribution in [2.75, 3.05) is 7.05 Å². The average Bonchev–Trinajstić information content (AvgIpc) is 2.29. The number of rotatable bonds is 3. The molecule has 1 aromatic rings. The first-order chi connectivity index (χ1) is 7.49. The van der Waals surface area contributed by atoms with Gasteiger partial charge in [-0.2, -0.15) is 0 Å². The number of hydrogen-bond donors (Lipinski definition) is 0. The lowest BCUT2D eigenvalue weighted by atomic mass is 10.0. The van der Waals surface area contributed by atoms with Crippen LogP contribution in [0, 0.1) is 13.8 Å². The second kappa shape index (κ2) is 5.15. The molecule has 0 radical (unpaired) electrons. The Morgan fingerprint density at radius 2 is 2.00 bits per heavy atom. The van der Waals surface area contributed by atoms with Gasteiger partial charge in [0.25, 0.3) is 5.91 Å². The van der Waals surface area contributed by atoms with Gasteiger partial charge in [0, 0.05) is 18.7 Å². The summed E-state index contributed by atoms with van der Waals surface area (Å²) in [6.45, 7) is 8.21. The molecule has 0 N–H and O–H groups in total. The maximum absolute atomic E-state index is 12.2. The highest BCUT2D eigenvalue weighted by molar-refractivity contribution is 5.95. The van der Waals surface area contributed by atoms with Gasteiger partial charge in [0.1, 0.15) is 0 Å². The van der Waals surface area contributed by atoms with Crippen LogP contribution in [0.1, 0.15) is 41.8 Å². The molecular weight excluding hydrogens is 198 g/mol. The van der Waals surface area contributed by atoms with Crippen LogP contribution in [-0.2, 0) is 0 Å². The normalized spacial score (nSPS) is 12.3. The first-order valence-electron chi connectivity index (χ1n) is 5.82. The van der Waals surface area contributed by atoms with E-state index in [2.05, 4.69) is 13.8 Å². The summed E-state index contributed by atoms with van der Waals surface area (Å²) in [4.78, 5) is 14.1. The minimum atomic E-state index is 0.121. The fraction of sp³-hybridized carbons (Fsp3) is 0.500. The van der Waals surface area contributed by atoms with Gasteiger partial charge in [-0.05, 0) is 44.4 Å². The Kier molecular flexibility index (Phi) is 4.11. The SMILES string of the molecule is CCC(C)N(C)C(=O)c1cccc(C)c1C. The molecule has 1 aromatic carbocycles. The van der Waals surface area contributed by atoms with Gasteiger partial charge in [0.05, 0.1) is 0 Å². The quantitative estimate of drug-likeness (QED) is 0.764. The number of carbonyl (C=O) groups excluding carboxylic acids is 1. The number of amides is 1. The maximum atomic E-state index is 12.2. The van der Waals surface area contributed by atoms with Gasteiger partial charge in [0.15, 0.2) is 0 Å². The predicted octanol–water partition coefficient (Wildman–Crippen LogP) is 3.17. The molecule has 0 saturated carbocycles. The van der Waals surface area contributed by atoms with E-state index in [4.69, 9.17) is 0 Å². The van der Waals surface area contributed by atoms with E-state index >= 15 is 0 Å². The average molecular weight is 219 g/mol. The Morgan fingerprint density at radius 3 is 2.56 bits per heavy atom. The van der Waals surface area contributed by atoms with Crippen LogP contribution in [0.2, 0.25) is 0 Å². The number of hydrogen-bond acceptors (Lipinski definition) is 1. The summed E-state index contributed by atoms with van der Waals surface area (Å²) >= 11 is 0. The largest absolute Gasteiger partial charge is 0.339 e. The Morgan fingerprint density at radius 1 is 1.38 bits per heavy atom. The lowest BCUT2D eigenvalue weighted by molar-refractivity contribution is 0.0739. The van der Waals surface area contributed by atoms with Crippen LogP contribution in [0.3, 0.4) is 0 Å². The number of aryl methyl sites for hydroxylation is 1. The predicted molar refractivity (Wildman–Crippen MR) is 67.8 cm³/mol. The molecule has 0 spiro atoms. The van der Waals surface area contributed by atoms with Crippen LogP contribution in [0.4, 0.5) is 0 Å². The van der Waals surface area contributed by atoms with Crippen LogP contribution < -0.4 is 0 Å². The van der Waals surface area contributed by atoms with E-state index in [1.54, 1.807) is 0 Å². The van der Waals surface area contributed by atoms with Gasteiger partial charge in [-0.3, -0.25) is 4.79 Å². The minimum absolute atomic E-state index is 0.121. The molecule has 2 heteroatoms. The van der Waals surface area contributed by atoms with Crippen molar-refractivity contribution >= 4 is 5.91 Å². The number of carbonyl (C=O) groups is 1. The molecule has 0 aliphatic carbocycles. The summed E-state index contributed by atoms with van der Waals surface area (Å²) < 4.78 is 0. The standard InChI is InChI=1S/C14H21NO/c1-6-11(3)15(5)14(16)13-9-7-8-10(2)12(13)4/h7-9,11H,6H2,1-5H3. The molecule has 1 unspecified atom stereocenters. The van der Waals surface area contributed by atoms with Gasteiger partial charge in [0.2, 0.25) is 0 Å². The highest BCUT2D eigenvalue weighted by Gasteiger charge is 2.18. The fourth-order valence-corrected chi connectivity index (χ4v) is 1.65. The van der Waals surface area contributed by atoms with E-state index in [1.807, 2.05) is 44.0 Å². The monoisotopic (exact) mass is 219 g/mol. The van der Waals surface area contributed by atoms with E-state index in [0.717, 1.165) is 17.5 Å². The highest BCUT2D eigenvalue weighted by Crippen LogP contribution is 2.16. The van der Waals surface area contributed by atoms with Crippen LogP contribution in [-0.4, -0.2) is 23.9 Å². The second-order valence-electron chi connectivity index (χ2n) is 4.42. The third-order valence-corrected chi connectivity index (χ3v) is 3.41. The van der Waals surface area contributed by atoms with E-state index in [-0.39, 0.29) is 11.9 Å². The smallest absolute Gasteiger partial charge is 0.254 e. The molecule has 0 saturated heterocycles. The number of benzene rings is 1. The molecular formula is C14H21NO. The number of nitrogens with zero attached hydrogens (tertiary/aromatic N) is 1. The zero-order valence-corrected chi connectivity index (χ0v) is 10.9. The second-order valence-corrected chi connectivity index (χ2v) is 4.42. The van der Waals surface area contributed by atoms with Crippen LogP contribution >= 0.6 is 0 Å². The molecule has 0 heterocycles. The van der Waals surface area contributed by atoms with Crippen molar-refractivity contribution in [2.24, 2.45) is 0 Å². The first-order valence-corrected chi connectivity index (χ1v) is 5.82. The van der Waals surface area contributed by atoms with Gasteiger partial charge < -0.3 is 4.90 Å². The van der Waals surface area contributed by atoms with Crippen LogP contribution in [0.25, 0.3) is 0 Å². The third kappa shape index (κ3) is 2.43. The van der Waals surface area contributed by atoms with Crippen molar-refractivity contribution in [2.45, 2.75) is 40.2 Å². The maximum Gasteiger partial charge on any atom is 0.254 e. The first kappa shape index (κ1) is 12.8. The summed E-state index contributed by atoms with van der Waals surface area (Å²) in [6, 6.07) is 6.17. The van der Waals surface area contributed by atoms with Crippen LogP contribution in [0.5, 0.6) is 0 Å². The summed E-state index contributed by atoms with van der Waals surface area (Å²) in [5.41, 5.74) is 3.08. The molecule has 1 amide bonds. The molecule has 1 rings (SSSR count). The fourth-order valence-electron chi connectivity index (χ4n) is 1.65. The highest BCUT2D eigenvalue weighted by atomic mass is 16.2. The van der Waals surface area contributed by atoms with Crippen molar-refractivity contribution in [3.05, 3.63) is 34.9 Å². The third-order valence-electron chi connectivity index (χ3n) is 3.41. The van der Waals surface area contributed by atoms with E-state index in [0.29, 0.717) is 0 Å². The molecule has 88 valence electrons. The van der Waals surface area contributed by atoms with Crippen LogP contribution in [0.15, 0.2) is 18.2 Å². The van der Waals surface area contributed by atoms with E-state index < -0.39 is 0 Å². The molecule has 1 atom stereocenters. The Labute approximate surface area is 98.3 Å². The molecule has 16 heavy (non-hydrogen) atoms. The Balaban J connectivity index is 3.01.